The third-order valence-electron chi connectivity index (χ3n) is 7.38. The number of rotatable bonds is 10. The van der Waals surface area contributed by atoms with Crippen LogP contribution in [0.2, 0.25) is 0 Å². The van der Waals surface area contributed by atoms with Crippen molar-refractivity contribution in [2.45, 2.75) is 47.6 Å². The van der Waals surface area contributed by atoms with Crippen molar-refractivity contribution < 1.29 is 9.18 Å². The highest BCUT2D eigenvalue weighted by atomic mass is 19.1. The summed E-state index contributed by atoms with van der Waals surface area (Å²) in [5, 5.41) is 3.32. The number of hydrogen-bond acceptors (Lipinski definition) is 5. The van der Waals surface area contributed by atoms with Crippen LogP contribution in [0.3, 0.4) is 0 Å². The van der Waals surface area contributed by atoms with Crippen molar-refractivity contribution in [2.75, 3.05) is 38.0 Å². The third kappa shape index (κ3) is 6.09. The molecule has 1 aliphatic rings. The average Bonchev–Trinajstić information content (AvgIpc) is 3.50. The van der Waals surface area contributed by atoms with E-state index in [-0.39, 0.29) is 17.3 Å². The number of hydrogen-bond donors (Lipinski definition) is 3. The second-order valence-electron chi connectivity index (χ2n) is 9.71. The summed E-state index contributed by atoms with van der Waals surface area (Å²) in [6.45, 7) is 14.7. The van der Waals surface area contributed by atoms with Gasteiger partial charge in [-0.05, 0) is 73.5 Å². The molecular formula is C31H39FN6O2. The Morgan fingerprint density at radius 1 is 1.10 bits per heavy atom. The number of likely N-dealkylation sites (N-methyl/N-ethyl adjacent to an activating group) is 1. The van der Waals surface area contributed by atoms with Crippen molar-refractivity contribution >= 4 is 22.6 Å². The number of amides is 1. The van der Waals surface area contributed by atoms with E-state index < -0.39 is 0 Å². The number of carbonyl (C=O) groups excluding carboxylic acids is 1. The van der Waals surface area contributed by atoms with E-state index >= 15 is 0 Å². The van der Waals surface area contributed by atoms with Crippen LogP contribution in [-0.4, -0.2) is 63.4 Å². The van der Waals surface area contributed by atoms with E-state index in [9.17, 15) is 14.0 Å². The number of halogens is 1. The molecule has 212 valence electrons. The smallest absolute Gasteiger partial charge is 0.261 e. The summed E-state index contributed by atoms with van der Waals surface area (Å²) in [5.74, 6) is 0.189. The molecule has 0 aliphatic carbocycles. The SMILES string of the molecule is CC.CCN(CC)CCN1Cc2cc3[nH]c(-c4c(NCCc5cc(F)ccc5C)cc[nH]c4=O)nc3cc2C1=O. The van der Waals surface area contributed by atoms with Crippen molar-refractivity contribution in [3.63, 3.8) is 0 Å². The predicted octanol–water partition coefficient (Wildman–Crippen LogP) is 5.34. The molecule has 2 aromatic heterocycles. The van der Waals surface area contributed by atoms with E-state index in [1.54, 1.807) is 24.4 Å². The van der Waals surface area contributed by atoms with Gasteiger partial charge in [-0.1, -0.05) is 33.8 Å². The lowest BCUT2D eigenvalue weighted by Crippen LogP contribution is -2.35. The average molecular weight is 547 g/mol. The number of aryl methyl sites for hydroxylation is 1. The van der Waals surface area contributed by atoms with E-state index in [1.165, 1.54) is 6.07 Å². The molecule has 0 saturated carbocycles. The summed E-state index contributed by atoms with van der Waals surface area (Å²) < 4.78 is 13.7. The zero-order valence-electron chi connectivity index (χ0n) is 24.0. The van der Waals surface area contributed by atoms with Crippen LogP contribution >= 0.6 is 0 Å². The maximum absolute atomic E-state index is 13.7. The van der Waals surface area contributed by atoms with Crippen LogP contribution in [0, 0.1) is 12.7 Å². The largest absolute Gasteiger partial charge is 0.384 e. The molecule has 1 aliphatic heterocycles. The van der Waals surface area contributed by atoms with Crippen molar-refractivity contribution in [2.24, 2.45) is 0 Å². The topological polar surface area (TPSA) is 97.1 Å². The molecule has 40 heavy (non-hydrogen) atoms. The third-order valence-corrected chi connectivity index (χ3v) is 7.38. The molecule has 8 nitrogen and oxygen atoms in total. The number of H-pyrrole nitrogens is 2. The molecule has 0 fully saturated rings. The minimum absolute atomic E-state index is 0.0196. The first-order chi connectivity index (χ1) is 19.4. The van der Waals surface area contributed by atoms with E-state index in [4.69, 9.17) is 4.98 Å². The molecule has 9 heteroatoms. The molecule has 2 aromatic carbocycles. The first kappa shape index (κ1) is 29.0. The molecular weight excluding hydrogens is 507 g/mol. The van der Waals surface area contributed by atoms with Crippen molar-refractivity contribution in [3.05, 3.63) is 81.0 Å². The Kier molecular flexibility index (Phi) is 9.37. The van der Waals surface area contributed by atoms with Crippen LogP contribution in [0.25, 0.3) is 22.4 Å². The molecule has 0 bridgehead atoms. The quantitative estimate of drug-likeness (QED) is 0.249. The Labute approximate surface area is 234 Å². The van der Waals surface area contributed by atoms with Crippen LogP contribution in [-0.2, 0) is 13.0 Å². The molecule has 4 aromatic rings. The normalized spacial score (nSPS) is 12.6. The zero-order chi connectivity index (χ0) is 28.8. The number of nitrogens with zero attached hydrogens (tertiary/aromatic N) is 3. The Bertz CT molecular complexity index is 1540. The van der Waals surface area contributed by atoms with Crippen LogP contribution in [0.4, 0.5) is 10.1 Å². The Balaban J connectivity index is 0.00000181. The summed E-state index contributed by atoms with van der Waals surface area (Å²) >= 11 is 0. The van der Waals surface area contributed by atoms with Gasteiger partial charge in [0.15, 0.2) is 0 Å². The second kappa shape index (κ2) is 12.9. The van der Waals surface area contributed by atoms with E-state index in [1.807, 2.05) is 37.8 Å². The van der Waals surface area contributed by atoms with Crippen LogP contribution in [0.15, 0.2) is 47.4 Å². The lowest BCUT2D eigenvalue weighted by Gasteiger charge is -2.22. The molecule has 0 spiro atoms. The fraction of sp³-hybridized carbons (Fsp3) is 0.387. The minimum atomic E-state index is -0.276. The Hall–Kier alpha value is -3.98. The number of aromatic nitrogens is 3. The van der Waals surface area contributed by atoms with Crippen LogP contribution in [0.5, 0.6) is 0 Å². The standard InChI is InChI=1S/C29H33FN6O2.C2H6/c1-4-35(5-2)12-13-36-17-20-15-24-25(16-22(20)29(36)38)34-27(33-24)26-23(9-11-32-28(26)37)31-10-8-19-14-21(30)7-6-18(19)3;1-2/h6-7,9,11,14-16H,4-5,8,10,12-13,17H2,1-3H3,(H,33,34)(H2,31,32,37);1-2H3. The lowest BCUT2D eigenvalue weighted by molar-refractivity contribution is 0.0760. The first-order valence-corrected chi connectivity index (χ1v) is 14.1. The number of carbonyl (C=O) groups is 1. The van der Waals surface area contributed by atoms with Gasteiger partial charge in [0.1, 0.15) is 17.2 Å². The molecule has 3 N–H and O–H groups in total. The molecule has 5 rings (SSSR count). The highest BCUT2D eigenvalue weighted by molar-refractivity contribution is 6.02. The van der Waals surface area contributed by atoms with Crippen LogP contribution < -0.4 is 10.9 Å². The summed E-state index contributed by atoms with van der Waals surface area (Å²) in [6.07, 6.45) is 2.19. The molecule has 0 unspecified atom stereocenters. The van der Waals surface area contributed by atoms with Gasteiger partial charge >= 0.3 is 0 Å². The molecule has 0 atom stereocenters. The monoisotopic (exact) mass is 546 g/mol. The van der Waals surface area contributed by atoms with Crippen molar-refractivity contribution in [1.82, 2.24) is 24.8 Å². The van der Waals surface area contributed by atoms with Gasteiger partial charge in [-0.15, -0.1) is 0 Å². The number of nitrogens with one attached hydrogen (secondary N) is 3. The van der Waals surface area contributed by atoms with Crippen molar-refractivity contribution in [1.29, 1.82) is 0 Å². The predicted molar refractivity (Wildman–Crippen MR) is 159 cm³/mol. The van der Waals surface area contributed by atoms with Gasteiger partial charge in [0.2, 0.25) is 0 Å². The minimum Gasteiger partial charge on any atom is -0.384 e. The molecule has 0 saturated heterocycles. The van der Waals surface area contributed by atoms with Gasteiger partial charge in [0.05, 0.1) is 16.7 Å². The molecule has 3 heterocycles. The van der Waals surface area contributed by atoms with Crippen LogP contribution in [0.1, 0.15) is 54.7 Å². The van der Waals surface area contributed by atoms with Gasteiger partial charge in [-0.3, -0.25) is 9.59 Å². The lowest BCUT2D eigenvalue weighted by atomic mass is 10.1. The van der Waals surface area contributed by atoms with Gasteiger partial charge in [-0.25, -0.2) is 9.37 Å². The van der Waals surface area contributed by atoms with Crippen molar-refractivity contribution in [3.8, 4) is 11.4 Å². The first-order valence-electron chi connectivity index (χ1n) is 14.1. The zero-order valence-corrected chi connectivity index (χ0v) is 24.0. The summed E-state index contributed by atoms with van der Waals surface area (Å²) in [4.78, 5) is 40.8. The van der Waals surface area contributed by atoms with E-state index in [0.717, 1.165) is 41.8 Å². The fourth-order valence-electron chi connectivity index (χ4n) is 5.08. The van der Waals surface area contributed by atoms with Gasteiger partial charge in [-0.2, -0.15) is 0 Å². The number of imidazole rings is 1. The Morgan fingerprint density at radius 3 is 2.62 bits per heavy atom. The number of pyridine rings is 1. The molecule has 1 amide bonds. The maximum atomic E-state index is 13.7. The van der Waals surface area contributed by atoms with Gasteiger partial charge in [0, 0.05) is 37.9 Å². The second-order valence-corrected chi connectivity index (χ2v) is 9.71. The number of anilines is 1. The van der Waals surface area contributed by atoms with Gasteiger partial charge < -0.3 is 25.1 Å². The highest BCUT2D eigenvalue weighted by Gasteiger charge is 2.28. The maximum Gasteiger partial charge on any atom is 0.261 e. The summed E-state index contributed by atoms with van der Waals surface area (Å²) in [6, 6.07) is 10.3. The van der Waals surface area contributed by atoms with E-state index in [0.29, 0.717) is 54.2 Å². The number of benzene rings is 2. The Morgan fingerprint density at radius 2 is 1.88 bits per heavy atom. The number of aromatic amines is 2. The van der Waals surface area contributed by atoms with E-state index in [2.05, 4.69) is 34.0 Å². The highest BCUT2D eigenvalue weighted by Crippen LogP contribution is 2.30. The fourth-order valence-corrected chi connectivity index (χ4v) is 5.08. The number of fused-ring (bicyclic) bond motifs is 2. The summed E-state index contributed by atoms with van der Waals surface area (Å²) in [5.41, 5.74) is 5.74. The summed E-state index contributed by atoms with van der Waals surface area (Å²) in [7, 11) is 0. The van der Waals surface area contributed by atoms with Gasteiger partial charge in [0.25, 0.3) is 11.5 Å². The molecule has 0 radical (unpaired) electrons.